The fourth-order valence-corrected chi connectivity index (χ4v) is 1.77. The van der Waals surface area contributed by atoms with E-state index in [0.717, 1.165) is 23.1 Å². The van der Waals surface area contributed by atoms with Crippen molar-refractivity contribution in [3.8, 4) is 0 Å². The lowest BCUT2D eigenvalue weighted by atomic mass is 10.0. The highest BCUT2D eigenvalue weighted by Gasteiger charge is 2.23. The lowest BCUT2D eigenvalue weighted by Gasteiger charge is -2.21. The van der Waals surface area contributed by atoms with Crippen molar-refractivity contribution < 1.29 is 34.8 Å². The van der Waals surface area contributed by atoms with E-state index in [0.29, 0.717) is 0 Å². The lowest BCUT2D eigenvalue weighted by molar-refractivity contribution is 0.0647. The number of rotatable bonds is 7. The van der Waals surface area contributed by atoms with Crippen molar-refractivity contribution in [2.24, 2.45) is 0 Å². The predicted molar refractivity (Wildman–Crippen MR) is 70.4 cm³/mol. The van der Waals surface area contributed by atoms with E-state index in [1.165, 1.54) is 0 Å². The molecule has 21 heavy (non-hydrogen) atoms. The number of amides is 1. The quantitative estimate of drug-likeness (QED) is 0.533. The normalized spacial score (nSPS) is 10.2. The highest BCUT2D eigenvalue weighted by Crippen LogP contribution is 2.15. The van der Waals surface area contributed by atoms with Crippen molar-refractivity contribution in [1.29, 1.82) is 0 Å². The molecule has 0 fully saturated rings. The molecule has 0 atom stereocenters. The summed E-state index contributed by atoms with van der Waals surface area (Å²) in [6.07, 6.45) is 0. The van der Waals surface area contributed by atoms with Crippen LogP contribution in [-0.2, 0) is 0 Å². The SMILES string of the molecule is O=C(O)c1ccc(C(=O)O)c(C(=O)N(CCO)CCO)c1. The first-order valence-electron chi connectivity index (χ1n) is 6.04. The number of carbonyl (C=O) groups excluding carboxylic acids is 1. The predicted octanol–water partition coefficient (Wildman–Crippen LogP) is -0.490. The van der Waals surface area contributed by atoms with E-state index >= 15 is 0 Å². The molecule has 1 aromatic rings. The Morgan fingerprint density at radius 1 is 0.905 bits per heavy atom. The van der Waals surface area contributed by atoms with Crippen molar-refractivity contribution in [1.82, 2.24) is 4.90 Å². The molecule has 0 bridgehead atoms. The van der Waals surface area contributed by atoms with Gasteiger partial charge in [-0.2, -0.15) is 0 Å². The van der Waals surface area contributed by atoms with Gasteiger partial charge >= 0.3 is 11.9 Å². The Hall–Kier alpha value is -2.45. The molecule has 114 valence electrons. The summed E-state index contributed by atoms with van der Waals surface area (Å²) in [5.74, 6) is -3.43. The highest BCUT2D eigenvalue weighted by molar-refractivity contribution is 6.06. The minimum atomic E-state index is -1.37. The molecule has 0 unspecified atom stereocenters. The molecule has 0 radical (unpaired) electrons. The monoisotopic (exact) mass is 297 g/mol. The maximum atomic E-state index is 12.3. The first-order chi connectivity index (χ1) is 9.92. The average Bonchev–Trinajstić information content (AvgIpc) is 2.45. The van der Waals surface area contributed by atoms with Crippen molar-refractivity contribution >= 4 is 17.8 Å². The summed E-state index contributed by atoms with van der Waals surface area (Å²) in [5, 5.41) is 35.8. The van der Waals surface area contributed by atoms with Crippen LogP contribution in [0.2, 0.25) is 0 Å². The van der Waals surface area contributed by atoms with Crippen LogP contribution in [0.4, 0.5) is 0 Å². The van der Waals surface area contributed by atoms with Gasteiger partial charge in [0.25, 0.3) is 5.91 Å². The molecule has 0 aromatic heterocycles. The van der Waals surface area contributed by atoms with Crippen LogP contribution in [0.15, 0.2) is 18.2 Å². The van der Waals surface area contributed by atoms with E-state index in [4.69, 9.17) is 20.4 Å². The summed E-state index contributed by atoms with van der Waals surface area (Å²) in [6, 6.07) is 3.09. The van der Waals surface area contributed by atoms with Crippen molar-refractivity contribution in [2.75, 3.05) is 26.3 Å². The second-order valence-electron chi connectivity index (χ2n) is 4.11. The molecule has 1 rings (SSSR count). The van der Waals surface area contributed by atoms with Crippen LogP contribution < -0.4 is 0 Å². The third kappa shape index (κ3) is 4.01. The number of hydrogen-bond acceptors (Lipinski definition) is 5. The van der Waals surface area contributed by atoms with Crippen LogP contribution in [0.1, 0.15) is 31.1 Å². The van der Waals surface area contributed by atoms with Crippen LogP contribution in [0.5, 0.6) is 0 Å². The lowest BCUT2D eigenvalue weighted by Crippen LogP contribution is -2.36. The van der Waals surface area contributed by atoms with Gasteiger partial charge in [-0.25, -0.2) is 9.59 Å². The topological polar surface area (TPSA) is 135 Å². The Labute approximate surface area is 119 Å². The Bertz CT molecular complexity index is 549. The van der Waals surface area contributed by atoms with Gasteiger partial charge in [-0.15, -0.1) is 0 Å². The standard InChI is InChI=1S/C13H15NO7/c15-5-3-14(4-6-16)11(17)10-7-8(12(18)19)1-2-9(10)13(20)21/h1-2,7,15-16H,3-6H2,(H,18,19)(H,20,21). The Morgan fingerprint density at radius 3 is 1.90 bits per heavy atom. The first kappa shape index (κ1) is 16.6. The van der Waals surface area contributed by atoms with Gasteiger partial charge in [0.1, 0.15) is 0 Å². The van der Waals surface area contributed by atoms with Gasteiger partial charge in [-0.05, 0) is 18.2 Å². The third-order valence-electron chi connectivity index (χ3n) is 2.75. The highest BCUT2D eigenvalue weighted by atomic mass is 16.4. The Morgan fingerprint density at radius 2 is 1.48 bits per heavy atom. The molecule has 4 N–H and O–H groups in total. The minimum absolute atomic E-state index is 0.101. The van der Waals surface area contributed by atoms with Gasteiger partial charge in [0.2, 0.25) is 0 Å². The summed E-state index contributed by atoms with van der Waals surface area (Å²) < 4.78 is 0. The van der Waals surface area contributed by atoms with Gasteiger partial charge < -0.3 is 25.3 Å². The van der Waals surface area contributed by atoms with Crippen LogP contribution in [-0.4, -0.2) is 69.5 Å². The summed E-state index contributed by atoms with van der Waals surface area (Å²) in [6.45, 7) is -0.939. The molecule has 8 heteroatoms. The van der Waals surface area contributed by atoms with E-state index in [1.807, 2.05) is 0 Å². The third-order valence-corrected chi connectivity index (χ3v) is 2.75. The molecule has 0 saturated carbocycles. The van der Waals surface area contributed by atoms with Gasteiger partial charge in [0, 0.05) is 13.1 Å². The van der Waals surface area contributed by atoms with Gasteiger partial charge in [-0.3, -0.25) is 4.79 Å². The zero-order chi connectivity index (χ0) is 16.0. The van der Waals surface area contributed by atoms with Crippen molar-refractivity contribution in [3.05, 3.63) is 34.9 Å². The zero-order valence-corrected chi connectivity index (χ0v) is 11.0. The maximum Gasteiger partial charge on any atom is 0.336 e. The summed E-state index contributed by atoms with van der Waals surface area (Å²) in [7, 11) is 0. The van der Waals surface area contributed by atoms with Gasteiger partial charge in [0.05, 0.1) is 29.9 Å². The molecule has 0 saturated heterocycles. The maximum absolute atomic E-state index is 12.3. The average molecular weight is 297 g/mol. The summed E-state index contributed by atoms with van der Waals surface area (Å²) >= 11 is 0. The smallest absolute Gasteiger partial charge is 0.336 e. The van der Waals surface area contributed by atoms with E-state index in [2.05, 4.69) is 0 Å². The van der Waals surface area contributed by atoms with E-state index in [-0.39, 0.29) is 43.0 Å². The summed E-state index contributed by atoms with van der Waals surface area (Å²) in [4.78, 5) is 35.4. The van der Waals surface area contributed by atoms with Crippen molar-refractivity contribution in [2.45, 2.75) is 0 Å². The molecular formula is C13H15NO7. The second kappa shape index (κ2) is 7.36. The van der Waals surface area contributed by atoms with E-state index in [9.17, 15) is 14.4 Å². The number of benzene rings is 1. The van der Waals surface area contributed by atoms with Gasteiger partial charge in [-0.1, -0.05) is 0 Å². The van der Waals surface area contributed by atoms with Crippen LogP contribution in [0.3, 0.4) is 0 Å². The number of nitrogens with zero attached hydrogens (tertiary/aromatic N) is 1. The number of carboxylic acid groups (broad SMARTS) is 2. The largest absolute Gasteiger partial charge is 0.478 e. The fourth-order valence-electron chi connectivity index (χ4n) is 1.77. The molecule has 0 aliphatic rings. The first-order valence-corrected chi connectivity index (χ1v) is 6.04. The number of carboxylic acids is 2. The Balaban J connectivity index is 3.29. The second-order valence-corrected chi connectivity index (χ2v) is 4.11. The molecule has 8 nitrogen and oxygen atoms in total. The number of carbonyl (C=O) groups is 3. The number of hydrogen-bond donors (Lipinski definition) is 4. The molecule has 0 heterocycles. The molecule has 1 amide bonds. The molecular weight excluding hydrogens is 282 g/mol. The zero-order valence-electron chi connectivity index (χ0n) is 11.0. The van der Waals surface area contributed by atoms with Crippen molar-refractivity contribution in [3.63, 3.8) is 0 Å². The van der Waals surface area contributed by atoms with Crippen LogP contribution in [0.25, 0.3) is 0 Å². The van der Waals surface area contributed by atoms with E-state index < -0.39 is 17.8 Å². The Kier molecular flexibility index (Phi) is 5.82. The minimum Gasteiger partial charge on any atom is -0.478 e. The summed E-state index contributed by atoms with van der Waals surface area (Å²) in [5.41, 5.74) is -0.869. The fraction of sp³-hybridized carbons (Fsp3) is 0.308. The molecule has 0 aliphatic heterocycles. The van der Waals surface area contributed by atoms with Gasteiger partial charge in [0.15, 0.2) is 0 Å². The number of aliphatic hydroxyl groups is 2. The van der Waals surface area contributed by atoms with E-state index in [1.54, 1.807) is 0 Å². The van der Waals surface area contributed by atoms with Crippen LogP contribution >= 0.6 is 0 Å². The number of aromatic carboxylic acids is 2. The molecule has 0 aliphatic carbocycles. The van der Waals surface area contributed by atoms with Crippen LogP contribution in [0, 0.1) is 0 Å². The molecule has 0 spiro atoms. The molecule has 1 aromatic carbocycles. The number of aliphatic hydroxyl groups excluding tert-OH is 2.